The number of hydrogen-bond acceptors (Lipinski definition) is 2. The molecule has 0 fully saturated rings. The molecule has 0 bridgehead atoms. The lowest BCUT2D eigenvalue weighted by Gasteiger charge is -2.16. The van der Waals surface area contributed by atoms with Gasteiger partial charge < -0.3 is 9.88 Å². The molecule has 0 saturated carbocycles. The Morgan fingerprint density at radius 3 is 2.60 bits per heavy atom. The minimum Gasteiger partial charge on any atom is -0.357 e. The third-order valence-corrected chi connectivity index (χ3v) is 5.04. The monoisotopic (exact) mass is 351 g/mol. The largest absolute Gasteiger partial charge is 0.357 e. The van der Waals surface area contributed by atoms with Gasteiger partial charge in [-0.15, -0.1) is 0 Å². The molecule has 3 aromatic rings. The first-order chi connectivity index (χ1) is 12.1. The number of benzene rings is 1. The topological polar surface area (TPSA) is 49.0 Å². The van der Waals surface area contributed by atoms with Crippen molar-refractivity contribution in [2.75, 3.05) is 13.6 Å². The summed E-state index contributed by atoms with van der Waals surface area (Å²) in [5, 5.41) is 0.717. The van der Waals surface area contributed by atoms with Gasteiger partial charge in [-0.05, 0) is 42.3 Å². The second-order valence-corrected chi connectivity index (χ2v) is 6.80. The standard InChI is InChI=1S/C20H18ClN3O/c1-24-11-8-16(13-2-4-15(21)5-3-13)19-17(20(24)25)12-18(23-19)14-6-9-22-10-7-14/h2-7,9-10,12,16,23H,8,11H2,1H3. The zero-order chi connectivity index (χ0) is 17.4. The molecule has 1 unspecified atom stereocenters. The van der Waals surface area contributed by atoms with Crippen LogP contribution in [0.15, 0.2) is 54.9 Å². The summed E-state index contributed by atoms with van der Waals surface area (Å²) >= 11 is 6.04. The molecule has 0 spiro atoms. The molecule has 25 heavy (non-hydrogen) atoms. The van der Waals surface area contributed by atoms with Gasteiger partial charge >= 0.3 is 0 Å². The molecule has 126 valence electrons. The van der Waals surface area contributed by atoms with Crippen molar-refractivity contribution < 1.29 is 4.79 Å². The summed E-state index contributed by atoms with van der Waals surface area (Å²) in [4.78, 5) is 22.1. The number of hydrogen-bond donors (Lipinski definition) is 1. The molecule has 1 aliphatic rings. The van der Waals surface area contributed by atoms with Crippen molar-refractivity contribution in [2.45, 2.75) is 12.3 Å². The van der Waals surface area contributed by atoms with Crippen molar-refractivity contribution in [3.8, 4) is 11.3 Å². The van der Waals surface area contributed by atoms with E-state index < -0.39 is 0 Å². The quantitative estimate of drug-likeness (QED) is 0.746. The maximum atomic E-state index is 12.8. The van der Waals surface area contributed by atoms with Gasteiger partial charge in [-0.25, -0.2) is 0 Å². The van der Waals surface area contributed by atoms with Crippen LogP contribution in [0.5, 0.6) is 0 Å². The number of rotatable bonds is 2. The van der Waals surface area contributed by atoms with Crippen LogP contribution in [0.3, 0.4) is 0 Å². The normalized spacial score (nSPS) is 17.3. The average Bonchev–Trinajstić information content (AvgIpc) is 3.04. The lowest BCUT2D eigenvalue weighted by atomic mass is 9.91. The molecular formula is C20H18ClN3O. The summed E-state index contributed by atoms with van der Waals surface area (Å²) < 4.78 is 0. The van der Waals surface area contributed by atoms with E-state index in [0.717, 1.165) is 46.1 Å². The van der Waals surface area contributed by atoms with Crippen molar-refractivity contribution in [2.24, 2.45) is 0 Å². The number of carbonyl (C=O) groups excluding carboxylic acids is 1. The minimum atomic E-state index is 0.0584. The Kier molecular flexibility index (Phi) is 4.06. The van der Waals surface area contributed by atoms with Crippen LogP contribution in [-0.4, -0.2) is 34.4 Å². The number of nitrogens with zero attached hydrogens (tertiary/aromatic N) is 2. The van der Waals surface area contributed by atoms with Gasteiger partial charge in [-0.3, -0.25) is 9.78 Å². The van der Waals surface area contributed by atoms with Crippen molar-refractivity contribution in [3.63, 3.8) is 0 Å². The van der Waals surface area contributed by atoms with Crippen LogP contribution in [0, 0.1) is 0 Å². The average molecular weight is 352 g/mol. The van der Waals surface area contributed by atoms with Gasteiger partial charge in [0.25, 0.3) is 5.91 Å². The lowest BCUT2D eigenvalue weighted by Crippen LogP contribution is -2.26. The van der Waals surface area contributed by atoms with Crippen molar-refractivity contribution in [1.29, 1.82) is 0 Å². The summed E-state index contributed by atoms with van der Waals surface area (Å²) in [5.74, 6) is 0.194. The molecule has 1 atom stereocenters. The number of H-pyrrole nitrogens is 1. The van der Waals surface area contributed by atoms with E-state index in [9.17, 15) is 4.79 Å². The van der Waals surface area contributed by atoms with E-state index in [1.54, 1.807) is 17.3 Å². The fraction of sp³-hybridized carbons (Fsp3) is 0.200. The molecule has 2 aromatic heterocycles. The van der Waals surface area contributed by atoms with E-state index in [4.69, 9.17) is 11.6 Å². The number of nitrogens with one attached hydrogen (secondary N) is 1. The highest BCUT2D eigenvalue weighted by atomic mass is 35.5. The Labute approximate surface area is 151 Å². The van der Waals surface area contributed by atoms with E-state index in [0.29, 0.717) is 0 Å². The number of aromatic amines is 1. The predicted molar refractivity (Wildman–Crippen MR) is 98.9 cm³/mol. The molecule has 3 heterocycles. The van der Waals surface area contributed by atoms with Crippen LogP contribution in [0.2, 0.25) is 5.02 Å². The molecule has 1 aliphatic heterocycles. The molecule has 0 aliphatic carbocycles. The Bertz CT molecular complexity index is 902. The highest BCUT2D eigenvalue weighted by Crippen LogP contribution is 2.36. The molecule has 4 nitrogen and oxygen atoms in total. The van der Waals surface area contributed by atoms with E-state index in [1.807, 2.05) is 49.5 Å². The first-order valence-corrected chi connectivity index (χ1v) is 8.65. The van der Waals surface area contributed by atoms with E-state index in [-0.39, 0.29) is 11.8 Å². The Morgan fingerprint density at radius 2 is 1.88 bits per heavy atom. The summed E-state index contributed by atoms with van der Waals surface area (Å²) in [7, 11) is 1.86. The molecule has 1 aromatic carbocycles. The lowest BCUT2D eigenvalue weighted by molar-refractivity contribution is 0.0800. The maximum absolute atomic E-state index is 12.8. The van der Waals surface area contributed by atoms with Crippen molar-refractivity contribution in [1.82, 2.24) is 14.9 Å². The van der Waals surface area contributed by atoms with Crippen LogP contribution in [0.4, 0.5) is 0 Å². The summed E-state index contributed by atoms with van der Waals surface area (Å²) in [6.07, 6.45) is 4.38. The van der Waals surface area contributed by atoms with Crippen LogP contribution < -0.4 is 0 Å². The number of pyridine rings is 1. The maximum Gasteiger partial charge on any atom is 0.255 e. The third-order valence-electron chi connectivity index (χ3n) is 4.79. The summed E-state index contributed by atoms with van der Waals surface area (Å²) in [6, 6.07) is 13.7. The fourth-order valence-electron chi connectivity index (χ4n) is 3.41. The number of aromatic nitrogens is 2. The van der Waals surface area contributed by atoms with Crippen molar-refractivity contribution in [3.05, 3.63) is 76.7 Å². The van der Waals surface area contributed by atoms with E-state index >= 15 is 0 Å². The first-order valence-electron chi connectivity index (χ1n) is 8.27. The van der Waals surface area contributed by atoms with E-state index in [2.05, 4.69) is 9.97 Å². The van der Waals surface area contributed by atoms with Crippen LogP contribution in [0.1, 0.15) is 34.0 Å². The second kappa shape index (κ2) is 6.37. The molecule has 0 saturated heterocycles. The smallest absolute Gasteiger partial charge is 0.255 e. The molecular weight excluding hydrogens is 334 g/mol. The summed E-state index contributed by atoms with van der Waals surface area (Å²) in [6.45, 7) is 0.721. The molecule has 5 heteroatoms. The Balaban J connectivity index is 1.84. The Morgan fingerprint density at radius 1 is 1.16 bits per heavy atom. The zero-order valence-electron chi connectivity index (χ0n) is 13.9. The van der Waals surface area contributed by atoms with Gasteiger partial charge in [0.1, 0.15) is 0 Å². The Hall–Kier alpha value is -2.59. The molecule has 0 radical (unpaired) electrons. The first kappa shape index (κ1) is 15.9. The molecule has 1 amide bonds. The van der Waals surface area contributed by atoms with Gasteiger partial charge in [-0.1, -0.05) is 23.7 Å². The SMILES string of the molecule is CN1CCC(c2ccc(Cl)cc2)c2[nH]c(-c3ccncc3)cc2C1=O. The third kappa shape index (κ3) is 2.94. The second-order valence-electron chi connectivity index (χ2n) is 6.37. The highest BCUT2D eigenvalue weighted by molar-refractivity contribution is 6.30. The predicted octanol–water partition coefficient (Wildman–Crippen LogP) is 4.34. The number of halogens is 1. The van der Waals surface area contributed by atoms with Gasteiger partial charge in [-0.2, -0.15) is 0 Å². The summed E-state index contributed by atoms with van der Waals surface area (Å²) in [5.41, 5.74) is 4.84. The number of fused-ring (bicyclic) bond motifs is 1. The van der Waals surface area contributed by atoms with Crippen LogP contribution in [-0.2, 0) is 0 Å². The van der Waals surface area contributed by atoms with Gasteiger partial charge in [0.2, 0.25) is 0 Å². The zero-order valence-corrected chi connectivity index (χ0v) is 14.6. The number of amides is 1. The van der Waals surface area contributed by atoms with Crippen LogP contribution >= 0.6 is 11.6 Å². The van der Waals surface area contributed by atoms with Gasteiger partial charge in [0.15, 0.2) is 0 Å². The molecule has 1 N–H and O–H groups in total. The fourth-order valence-corrected chi connectivity index (χ4v) is 3.54. The van der Waals surface area contributed by atoms with Gasteiger partial charge in [0.05, 0.1) is 5.56 Å². The van der Waals surface area contributed by atoms with Crippen LogP contribution in [0.25, 0.3) is 11.3 Å². The minimum absolute atomic E-state index is 0.0584. The van der Waals surface area contributed by atoms with Gasteiger partial charge in [0, 0.05) is 53.9 Å². The van der Waals surface area contributed by atoms with Crippen molar-refractivity contribution >= 4 is 17.5 Å². The van der Waals surface area contributed by atoms with E-state index in [1.165, 1.54) is 0 Å². The highest BCUT2D eigenvalue weighted by Gasteiger charge is 2.29. The molecule has 4 rings (SSSR count). The number of carbonyl (C=O) groups is 1.